The van der Waals surface area contributed by atoms with E-state index in [0.29, 0.717) is 12.3 Å². The normalized spacial score (nSPS) is 29.0. The molecule has 0 aromatic heterocycles. The van der Waals surface area contributed by atoms with Gasteiger partial charge in [-0.3, -0.25) is 19.7 Å². The highest BCUT2D eigenvalue weighted by molar-refractivity contribution is 6.04. The van der Waals surface area contributed by atoms with E-state index in [4.69, 9.17) is 0 Å². The van der Waals surface area contributed by atoms with Crippen LogP contribution in [0.2, 0.25) is 0 Å². The number of carbonyl (C=O) groups is 3. The topological polar surface area (TPSA) is 78.5 Å². The number of nitrogens with zero attached hydrogens (tertiary/aromatic N) is 1. The van der Waals surface area contributed by atoms with Crippen LogP contribution in [0.4, 0.5) is 0 Å². The molecule has 20 heavy (non-hydrogen) atoms. The maximum Gasteiger partial charge on any atom is 0.249 e. The van der Waals surface area contributed by atoms with Gasteiger partial charge in [0.2, 0.25) is 17.7 Å². The fourth-order valence-corrected chi connectivity index (χ4v) is 2.94. The predicted molar refractivity (Wildman–Crippen MR) is 73.7 cm³/mol. The molecule has 2 saturated heterocycles. The molecule has 0 saturated carbocycles. The lowest BCUT2D eigenvalue weighted by molar-refractivity contribution is -0.150. The third-order valence-corrected chi connectivity index (χ3v) is 4.38. The lowest BCUT2D eigenvalue weighted by Gasteiger charge is -2.34. The van der Waals surface area contributed by atoms with Gasteiger partial charge in [-0.2, -0.15) is 0 Å². The zero-order valence-electron chi connectivity index (χ0n) is 12.1. The third kappa shape index (κ3) is 3.36. The molecular weight excluding hydrogens is 258 g/mol. The number of carbonyl (C=O) groups excluding carboxylic acids is 3. The van der Waals surface area contributed by atoms with Crippen molar-refractivity contribution in [2.75, 3.05) is 19.6 Å². The van der Waals surface area contributed by atoms with Crippen LogP contribution >= 0.6 is 0 Å². The average molecular weight is 281 g/mol. The fraction of sp³-hybridized carbons (Fsp3) is 0.786. The van der Waals surface area contributed by atoms with Crippen LogP contribution < -0.4 is 10.6 Å². The molecule has 0 bridgehead atoms. The Morgan fingerprint density at radius 1 is 1.45 bits per heavy atom. The summed E-state index contributed by atoms with van der Waals surface area (Å²) in [7, 11) is 0. The molecule has 2 N–H and O–H groups in total. The molecule has 3 unspecified atom stereocenters. The molecule has 2 heterocycles. The van der Waals surface area contributed by atoms with Crippen molar-refractivity contribution >= 4 is 17.7 Å². The van der Waals surface area contributed by atoms with E-state index in [1.807, 2.05) is 0 Å². The Morgan fingerprint density at radius 2 is 2.20 bits per heavy atom. The van der Waals surface area contributed by atoms with Gasteiger partial charge in [-0.05, 0) is 44.7 Å². The summed E-state index contributed by atoms with van der Waals surface area (Å²) in [6, 6.07) is -0.558. The molecule has 2 aliphatic heterocycles. The molecule has 6 heteroatoms. The zero-order chi connectivity index (χ0) is 14.7. The summed E-state index contributed by atoms with van der Waals surface area (Å²) in [5.41, 5.74) is 0. The predicted octanol–water partition coefficient (Wildman–Crippen LogP) is -0.114. The maximum atomic E-state index is 12.3. The lowest BCUT2D eigenvalue weighted by Crippen LogP contribution is -2.58. The Balaban J connectivity index is 1.92. The van der Waals surface area contributed by atoms with Gasteiger partial charge in [-0.25, -0.2) is 0 Å². The van der Waals surface area contributed by atoms with E-state index < -0.39 is 11.9 Å². The summed E-state index contributed by atoms with van der Waals surface area (Å²) < 4.78 is 0. The molecule has 0 aromatic carbocycles. The third-order valence-electron chi connectivity index (χ3n) is 4.38. The molecule has 2 aliphatic rings. The van der Waals surface area contributed by atoms with E-state index >= 15 is 0 Å². The number of nitrogens with one attached hydrogen (secondary N) is 2. The minimum atomic E-state index is -0.558. The second-order valence-corrected chi connectivity index (χ2v) is 5.90. The quantitative estimate of drug-likeness (QED) is 0.707. The van der Waals surface area contributed by atoms with Gasteiger partial charge in [0.15, 0.2) is 0 Å². The largest absolute Gasteiger partial charge is 0.322 e. The second-order valence-electron chi connectivity index (χ2n) is 5.90. The number of imide groups is 1. The lowest BCUT2D eigenvalue weighted by atomic mass is 9.85. The maximum absolute atomic E-state index is 12.3. The molecule has 0 radical (unpaired) electrons. The van der Waals surface area contributed by atoms with Crippen molar-refractivity contribution in [2.24, 2.45) is 11.8 Å². The Labute approximate surface area is 119 Å². The number of rotatable bonds is 3. The Hall–Kier alpha value is -1.43. The number of hydrogen-bond donors (Lipinski definition) is 2. The first kappa shape index (κ1) is 15.0. The molecule has 2 rings (SSSR count). The van der Waals surface area contributed by atoms with Gasteiger partial charge in [-0.1, -0.05) is 6.92 Å². The number of piperazine rings is 1. The van der Waals surface area contributed by atoms with E-state index in [9.17, 15) is 14.4 Å². The van der Waals surface area contributed by atoms with Crippen LogP contribution in [-0.2, 0) is 14.4 Å². The summed E-state index contributed by atoms with van der Waals surface area (Å²) in [6.45, 7) is 5.72. The molecule has 0 spiro atoms. The Bertz CT molecular complexity index is 404. The van der Waals surface area contributed by atoms with Gasteiger partial charge in [-0.15, -0.1) is 0 Å². The first-order valence-electron chi connectivity index (χ1n) is 7.33. The monoisotopic (exact) mass is 281 g/mol. The van der Waals surface area contributed by atoms with Crippen LogP contribution in [0.25, 0.3) is 0 Å². The van der Waals surface area contributed by atoms with Crippen molar-refractivity contribution in [3.8, 4) is 0 Å². The highest BCUT2D eigenvalue weighted by Crippen LogP contribution is 2.23. The summed E-state index contributed by atoms with van der Waals surface area (Å²) in [5, 5.41) is 5.60. The van der Waals surface area contributed by atoms with Crippen LogP contribution in [0.15, 0.2) is 0 Å². The number of piperidine rings is 1. The minimum absolute atomic E-state index is 0.0125. The number of amides is 3. The van der Waals surface area contributed by atoms with E-state index in [1.54, 1.807) is 6.92 Å². The fourth-order valence-electron chi connectivity index (χ4n) is 2.94. The molecule has 2 fully saturated rings. The van der Waals surface area contributed by atoms with Crippen LogP contribution in [0.1, 0.15) is 33.1 Å². The van der Waals surface area contributed by atoms with Gasteiger partial charge < -0.3 is 10.2 Å². The molecule has 0 aromatic rings. The van der Waals surface area contributed by atoms with Gasteiger partial charge in [0, 0.05) is 6.42 Å². The Morgan fingerprint density at radius 3 is 2.85 bits per heavy atom. The minimum Gasteiger partial charge on any atom is -0.322 e. The average Bonchev–Trinajstić information content (AvgIpc) is 2.43. The Kier molecular flexibility index (Phi) is 4.75. The highest BCUT2D eigenvalue weighted by Gasteiger charge is 2.34. The van der Waals surface area contributed by atoms with Gasteiger partial charge in [0.1, 0.15) is 12.6 Å². The first-order valence-corrected chi connectivity index (χ1v) is 7.33. The summed E-state index contributed by atoms with van der Waals surface area (Å²) in [5.74, 6) is -0.117. The molecule has 112 valence electrons. The second kappa shape index (κ2) is 6.35. The van der Waals surface area contributed by atoms with E-state index in [2.05, 4.69) is 17.6 Å². The van der Waals surface area contributed by atoms with Gasteiger partial charge >= 0.3 is 0 Å². The summed E-state index contributed by atoms with van der Waals surface area (Å²) in [6.07, 6.45) is 2.68. The molecule has 0 aliphatic carbocycles. The molecule has 3 atom stereocenters. The first-order chi connectivity index (χ1) is 9.49. The van der Waals surface area contributed by atoms with Gasteiger partial charge in [0.05, 0.1) is 0 Å². The van der Waals surface area contributed by atoms with E-state index in [0.717, 1.165) is 25.9 Å². The van der Waals surface area contributed by atoms with Crippen LogP contribution in [0, 0.1) is 11.8 Å². The summed E-state index contributed by atoms with van der Waals surface area (Å²) in [4.78, 5) is 36.7. The molecule has 3 amide bonds. The van der Waals surface area contributed by atoms with Crippen LogP contribution in [0.5, 0.6) is 0 Å². The van der Waals surface area contributed by atoms with Gasteiger partial charge in [0.25, 0.3) is 0 Å². The van der Waals surface area contributed by atoms with E-state index in [-0.39, 0.29) is 24.3 Å². The highest BCUT2D eigenvalue weighted by atomic mass is 16.2. The molecular formula is C14H23N3O3. The standard InChI is InChI=1S/C14H23N3O3/c1-9(11-4-3-5-15-7-11)6-13(19)17-8-12(18)16-14(20)10(17)2/h9-11,15H,3-8H2,1-2H3,(H,16,18,20). The van der Waals surface area contributed by atoms with Crippen molar-refractivity contribution in [3.63, 3.8) is 0 Å². The van der Waals surface area contributed by atoms with Crippen LogP contribution in [-0.4, -0.2) is 48.3 Å². The van der Waals surface area contributed by atoms with Crippen molar-refractivity contribution in [3.05, 3.63) is 0 Å². The smallest absolute Gasteiger partial charge is 0.249 e. The van der Waals surface area contributed by atoms with E-state index in [1.165, 1.54) is 4.90 Å². The number of hydrogen-bond acceptors (Lipinski definition) is 4. The molecule has 6 nitrogen and oxygen atoms in total. The van der Waals surface area contributed by atoms with Crippen molar-refractivity contribution in [1.29, 1.82) is 0 Å². The SMILES string of the molecule is CC(CC(=O)N1CC(=O)NC(=O)C1C)C1CCCNC1. The summed E-state index contributed by atoms with van der Waals surface area (Å²) >= 11 is 0. The van der Waals surface area contributed by atoms with Crippen LogP contribution in [0.3, 0.4) is 0 Å². The van der Waals surface area contributed by atoms with Crippen molar-refractivity contribution in [2.45, 2.75) is 39.2 Å². The zero-order valence-corrected chi connectivity index (χ0v) is 12.1. The van der Waals surface area contributed by atoms with Crippen molar-refractivity contribution < 1.29 is 14.4 Å². The van der Waals surface area contributed by atoms with Crippen molar-refractivity contribution in [1.82, 2.24) is 15.5 Å².